The molecule has 3 aromatic rings. The standard InChI is InChI=1S/C29H33N5O2/c1-4-34-17-29(18-34)14-22(15-29)33-28(35)25-8-6-20(11-19(25)2)27-13-24(9-10-32-27)36-23-7-5-21(16-30)26(12-23)31-3/h5-13,16,22,30-31H,4,14-15,17-18H2,1-3H3,(H,33,35). The van der Waals surface area contributed by atoms with Crippen LogP contribution >= 0.6 is 0 Å². The van der Waals surface area contributed by atoms with Gasteiger partial charge in [-0.3, -0.25) is 9.78 Å². The number of hydrogen-bond donors (Lipinski definition) is 3. The van der Waals surface area contributed by atoms with Gasteiger partial charge < -0.3 is 25.7 Å². The Hall–Kier alpha value is -3.71. The van der Waals surface area contributed by atoms with E-state index >= 15 is 0 Å². The molecule has 0 bridgehead atoms. The van der Waals surface area contributed by atoms with E-state index < -0.39 is 0 Å². The average molecular weight is 484 g/mol. The Morgan fingerprint density at radius 1 is 1.17 bits per heavy atom. The Morgan fingerprint density at radius 2 is 1.94 bits per heavy atom. The quantitative estimate of drug-likeness (QED) is 0.388. The van der Waals surface area contributed by atoms with Crippen LogP contribution in [0.2, 0.25) is 0 Å². The van der Waals surface area contributed by atoms with Gasteiger partial charge in [-0.1, -0.05) is 13.0 Å². The number of ether oxygens (including phenoxy) is 1. The van der Waals surface area contributed by atoms with Gasteiger partial charge in [0.15, 0.2) is 0 Å². The molecule has 1 spiro atoms. The average Bonchev–Trinajstić information content (AvgIpc) is 2.84. The molecule has 1 aromatic heterocycles. The summed E-state index contributed by atoms with van der Waals surface area (Å²) in [6.45, 7) is 7.63. The van der Waals surface area contributed by atoms with E-state index in [2.05, 4.69) is 27.4 Å². The summed E-state index contributed by atoms with van der Waals surface area (Å²) < 4.78 is 6.06. The lowest BCUT2D eigenvalue weighted by molar-refractivity contribution is -0.0737. The van der Waals surface area contributed by atoms with Crippen LogP contribution < -0.4 is 15.4 Å². The first kappa shape index (κ1) is 24.0. The lowest BCUT2D eigenvalue weighted by Gasteiger charge is -2.59. The SMILES string of the molecule is CCN1CC2(CC(NC(=O)c3ccc(-c4cc(Oc5ccc(C=N)c(NC)c5)ccn4)cc3C)C2)C1. The molecule has 1 saturated heterocycles. The third-order valence-electron chi connectivity index (χ3n) is 7.44. The Bertz CT molecular complexity index is 1290. The molecule has 36 heavy (non-hydrogen) atoms. The molecule has 2 aromatic carbocycles. The molecule has 2 heterocycles. The van der Waals surface area contributed by atoms with Crippen LogP contribution in [0.4, 0.5) is 5.69 Å². The number of aromatic nitrogens is 1. The van der Waals surface area contributed by atoms with Crippen LogP contribution in [0.5, 0.6) is 11.5 Å². The molecule has 1 aliphatic heterocycles. The highest BCUT2D eigenvalue weighted by molar-refractivity contribution is 5.96. The van der Waals surface area contributed by atoms with Crippen molar-refractivity contribution in [3.8, 4) is 22.8 Å². The van der Waals surface area contributed by atoms with E-state index in [0.717, 1.165) is 47.5 Å². The Kier molecular flexibility index (Phi) is 6.49. The maximum Gasteiger partial charge on any atom is 0.251 e. The molecule has 0 atom stereocenters. The predicted octanol–water partition coefficient (Wildman–Crippen LogP) is 5.10. The maximum absolute atomic E-state index is 12.9. The number of benzene rings is 2. The highest BCUT2D eigenvalue weighted by Gasteiger charge is 2.52. The molecule has 186 valence electrons. The van der Waals surface area contributed by atoms with Crippen LogP contribution in [0, 0.1) is 17.7 Å². The smallest absolute Gasteiger partial charge is 0.251 e. The van der Waals surface area contributed by atoms with Crippen LogP contribution in [0.25, 0.3) is 11.3 Å². The first-order valence-electron chi connectivity index (χ1n) is 12.5. The molecule has 2 aliphatic rings. The van der Waals surface area contributed by atoms with Gasteiger partial charge in [0.05, 0.1) is 5.69 Å². The number of rotatable bonds is 8. The molecule has 1 aliphatic carbocycles. The fourth-order valence-electron chi connectivity index (χ4n) is 5.52. The fraction of sp³-hybridized carbons (Fsp3) is 0.345. The largest absolute Gasteiger partial charge is 0.457 e. The molecule has 2 fully saturated rings. The molecular formula is C29H33N5O2. The molecular weight excluding hydrogens is 450 g/mol. The van der Waals surface area contributed by atoms with E-state index in [9.17, 15) is 4.79 Å². The number of nitrogens with one attached hydrogen (secondary N) is 3. The highest BCUT2D eigenvalue weighted by atomic mass is 16.5. The van der Waals surface area contributed by atoms with Gasteiger partial charge in [0.1, 0.15) is 11.5 Å². The van der Waals surface area contributed by atoms with Crippen LogP contribution in [0.15, 0.2) is 54.7 Å². The van der Waals surface area contributed by atoms with Crippen molar-refractivity contribution in [2.75, 3.05) is 32.0 Å². The molecule has 7 nitrogen and oxygen atoms in total. The zero-order valence-electron chi connectivity index (χ0n) is 21.1. The van der Waals surface area contributed by atoms with Gasteiger partial charge in [-0.25, -0.2) is 0 Å². The van der Waals surface area contributed by atoms with Gasteiger partial charge in [0.2, 0.25) is 0 Å². The molecule has 1 saturated carbocycles. The summed E-state index contributed by atoms with van der Waals surface area (Å²) in [6, 6.07) is 15.4. The van der Waals surface area contributed by atoms with E-state index in [-0.39, 0.29) is 11.9 Å². The number of carbonyl (C=O) groups excluding carboxylic acids is 1. The van der Waals surface area contributed by atoms with Crippen molar-refractivity contribution in [3.63, 3.8) is 0 Å². The third-order valence-corrected chi connectivity index (χ3v) is 7.44. The lowest BCUT2D eigenvalue weighted by atomic mass is 9.60. The number of aryl methyl sites for hydroxylation is 1. The number of amides is 1. The number of anilines is 1. The van der Waals surface area contributed by atoms with Gasteiger partial charge in [-0.2, -0.15) is 0 Å². The summed E-state index contributed by atoms with van der Waals surface area (Å²) in [6.07, 6.45) is 5.20. The van der Waals surface area contributed by atoms with Gasteiger partial charge in [0.25, 0.3) is 5.91 Å². The minimum Gasteiger partial charge on any atom is -0.457 e. The first-order valence-corrected chi connectivity index (χ1v) is 12.5. The summed E-state index contributed by atoms with van der Waals surface area (Å²) >= 11 is 0. The van der Waals surface area contributed by atoms with Gasteiger partial charge >= 0.3 is 0 Å². The number of pyridine rings is 1. The van der Waals surface area contributed by atoms with Crippen molar-refractivity contribution in [1.29, 1.82) is 5.41 Å². The Labute approximate surface area is 212 Å². The summed E-state index contributed by atoms with van der Waals surface area (Å²) in [5.74, 6) is 1.34. The predicted molar refractivity (Wildman–Crippen MR) is 143 cm³/mol. The number of likely N-dealkylation sites (tertiary alicyclic amines) is 1. The van der Waals surface area contributed by atoms with Crippen LogP contribution in [-0.4, -0.2) is 54.7 Å². The lowest BCUT2D eigenvalue weighted by Crippen LogP contribution is -2.66. The molecule has 7 heteroatoms. The van der Waals surface area contributed by atoms with Crippen molar-refractivity contribution in [2.45, 2.75) is 32.7 Å². The Morgan fingerprint density at radius 3 is 2.64 bits per heavy atom. The van der Waals surface area contributed by atoms with E-state index in [4.69, 9.17) is 10.1 Å². The first-order chi connectivity index (χ1) is 17.4. The number of nitrogens with zero attached hydrogens (tertiary/aromatic N) is 2. The van der Waals surface area contributed by atoms with E-state index in [0.29, 0.717) is 22.5 Å². The molecule has 0 radical (unpaired) electrons. The van der Waals surface area contributed by atoms with Crippen LogP contribution in [0.1, 0.15) is 41.3 Å². The summed E-state index contributed by atoms with van der Waals surface area (Å²) in [7, 11) is 1.82. The van der Waals surface area contributed by atoms with Gasteiger partial charge in [-0.15, -0.1) is 0 Å². The topological polar surface area (TPSA) is 90.3 Å². The second-order valence-corrected chi connectivity index (χ2v) is 10.0. The van der Waals surface area contributed by atoms with Crippen molar-refractivity contribution >= 4 is 17.8 Å². The number of hydrogen-bond acceptors (Lipinski definition) is 6. The molecule has 1 amide bonds. The summed E-state index contributed by atoms with van der Waals surface area (Å²) in [4.78, 5) is 19.9. The van der Waals surface area contributed by atoms with Crippen molar-refractivity contribution in [1.82, 2.24) is 15.2 Å². The summed E-state index contributed by atoms with van der Waals surface area (Å²) in [5.41, 5.74) is 5.41. The van der Waals surface area contributed by atoms with Crippen LogP contribution in [0.3, 0.4) is 0 Å². The van der Waals surface area contributed by atoms with Crippen molar-refractivity contribution in [2.24, 2.45) is 5.41 Å². The minimum absolute atomic E-state index is 0.00400. The van der Waals surface area contributed by atoms with E-state index in [1.165, 1.54) is 19.3 Å². The van der Waals surface area contributed by atoms with Crippen molar-refractivity contribution < 1.29 is 9.53 Å². The second-order valence-electron chi connectivity index (χ2n) is 10.0. The molecule has 5 rings (SSSR count). The molecule has 0 unspecified atom stereocenters. The normalized spacial score (nSPS) is 16.6. The Balaban J connectivity index is 1.25. The van der Waals surface area contributed by atoms with E-state index in [1.807, 2.05) is 62.5 Å². The maximum atomic E-state index is 12.9. The van der Waals surface area contributed by atoms with Gasteiger partial charge in [0, 0.05) is 73.1 Å². The zero-order valence-corrected chi connectivity index (χ0v) is 21.1. The minimum atomic E-state index is 0.00400. The van der Waals surface area contributed by atoms with E-state index in [1.54, 1.807) is 6.20 Å². The fourth-order valence-corrected chi connectivity index (χ4v) is 5.52. The van der Waals surface area contributed by atoms with Gasteiger partial charge in [-0.05, 0) is 67.6 Å². The molecule has 3 N–H and O–H groups in total. The zero-order chi connectivity index (χ0) is 25.3. The monoisotopic (exact) mass is 483 g/mol. The third kappa shape index (κ3) is 4.71. The highest BCUT2D eigenvalue weighted by Crippen LogP contribution is 2.48. The van der Waals surface area contributed by atoms with Crippen LogP contribution in [-0.2, 0) is 0 Å². The number of carbonyl (C=O) groups is 1. The van der Waals surface area contributed by atoms with Crippen molar-refractivity contribution in [3.05, 3.63) is 71.4 Å². The summed E-state index contributed by atoms with van der Waals surface area (Å²) in [5, 5.41) is 13.8. The second kappa shape index (κ2) is 9.74.